The number of hydrogen-bond donors (Lipinski definition) is 3. The van der Waals surface area contributed by atoms with E-state index < -0.39 is 5.97 Å². The monoisotopic (exact) mass is 191 g/mol. The second-order valence-corrected chi connectivity index (χ2v) is 2.82. The van der Waals surface area contributed by atoms with Crippen LogP contribution in [0.2, 0.25) is 0 Å². The maximum atomic E-state index is 10.2. The van der Waals surface area contributed by atoms with Crippen LogP contribution >= 0.6 is 0 Å². The van der Waals surface area contributed by atoms with Gasteiger partial charge in [-0.05, 0) is 17.7 Å². The quantitative estimate of drug-likeness (QED) is 0.559. The van der Waals surface area contributed by atoms with E-state index in [1.807, 2.05) is 0 Å². The number of carbonyl (C=O) groups is 1. The van der Waals surface area contributed by atoms with Gasteiger partial charge in [0.2, 0.25) is 0 Å². The molecule has 0 unspecified atom stereocenters. The van der Waals surface area contributed by atoms with Crippen molar-refractivity contribution < 1.29 is 15.0 Å². The van der Waals surface area contributed by atoms with Crippen molar-refractivity contribution in [1.82, 2.24) is 0 Å². The minimum atomic E-state index is -0.935. The summed E-state index contributed by atoms with van der Waals surface area (Å²) >= 11 is 0. The van der Waals surface area contributed by atoms with Gasteiger partial charge in [-0.25, -0.2) is 0 Å². The van der Waals surface area contributed by atoms with Crippen LogP contribution in [0, 0.1) is 0 Å². The molecule has 1 aromatic carbocycles. The molecule has 0 bridgehead atoms. The second kappa shape index (κ2) is 4.67. The maximum Gasteiger partial charge on any atom is 0.322 e. The molecule has 0 aromatic heterocycles. The third-order valence-electron chi connectivity index (χ3n) is 1.76. The molecule has 1 rings (SSSR count). The molecule has 0 aliphatic rings. The molecule has 0 aliphatic heterocycles. The van der Waals surface area contributed by atoms with Crippen LogP contribution in [0.1, 0.15) is 5.56 Å². The Hall–Kier alpha value is -1.49. The zero-order valence-electron chi connectivity index (χ0n) is 7.53. The minimum absolute atomic E-state index is 0.120. The summed E-state index contributed by atoms with van der Waals surface area (Å²) in [7, 11) is 5.59. The van der Waals surface area contributed by atoms with Crippen LogP contribution in [0.15, 0.2) is 18.2 Å². The average Bonchev–Trinajstić information content (AvgIpc) is 2.15. The van der Waals surface area contributed by atoms with Crippen LogP contribution in [-0.2, 0) is 11.4 Å². The number of anilines is 1. The predicted octanol–water partition coefficient (Wildman–Crippen LogP) is -0.531. The Bertz CT molecular complexity index is 341. The summed E-state index contributed by atoms with van der Waals surface area (Å²) in [5.41, 5.74) is 1.70. The minimum Gasteiger partial charge on any atom is -0.480 e. The number of aliphatic hydroxyl groups is 1. The summed E-state index contributed by atoms with van der Waals surface area (Å²) in [6.45, 7) is -0.275. The van der Waals surface area contributed by atoms with Crippen molar-refractivity contribution in [2.24, 2.45) is 0 Å². The van der Waals surface area contributed by atoms with Crippen molar-refractivity contribution in [3.63, 3.8) is 0 Å². The van der Waals surface area contributed by atoms with Crippen LogP contribution in [0.25, 0.3) is 0 Å². The molecule has 0 saturated heterocycles. The molecule has 0 atom stereocenters. The number of carboxylic acids is 1. The Labute approximate surface area is 83.0 Å². The van der Waals surface area contributed by atoms with E-state index in [1.165, 1.54) is 0 Å². The van der Waals surface area contributed by atoms with Crippen LogP contribution in [0.3, 0.4) is 0 Å². The van der Waals surface area contributed by atoms with Crippen LogP contribution in [-0.4, -0.2) is 30.6 Å². The highest BCUT2D eigenvalue weighted by molar-refractivity contribution is 6.33. The summed E-state index contributed by atoms with van der Waals surface area (Å²) in [6.07, 6.45) is 0. The molecule has 0 spiro atoms. The molecule has 3 N–H and O–H groups in total. The lowest BCUT2D eigenvalue weighted by molar-refractivity contribution is -0.134. The van der Waals surface area contributed by atoms with E-state index in [1.54, 1.807) is 18.2 Å². The third kappa shape index (κ3) is 2.78. The fraction of sp³-hybridized carbons (Fsp3) is 0.222. The lowest BCUT2D eigenvalue weighted by atomic mass is 9.90. The SMILES string of the molecule is [B]c1cc(NCC(=O)O)ccc1CO. The van der Waals surface area contributed by atoms with E-state index in [2.05, 4.69) is 5.32 Å². The largest absolute Gasteiger partial charge is 0.480 e. The third-order valence-corrected chi connectivity index (χ3v) is 1.76. The van der Waals surface area contributed by atoms with E-state index in [9.17, 15) is 4.79 Å². The molecule has 2 radical (unpaired) electrons. The van der Waals surface area contributed by atoms with Crippen LogP contribution < -0.4 is 10.8 Å². The molecule has 0 fully saturated rings. The first-order valence-corrected chi connectivity index (χ1v) is 4.08. The number of aliphatic carboxylic acids is 1. The molecule has 72 valence electrons. The van der Waals surface area contributed by atoms with Crippen molar-refractivity contribution in [1.29, 1.82) is 0 Å². The van der Waals surface area contributed by atoms with E-state index in [0.717, 1.165) is 0 Å². The fourth-order valence-electron chi connectivity index (χ4n) is 1.03. The van der Waals surface area contributed by atoms with E-state index in [0.29, 0.717) is 16.7 Å². The Morgan fingerprint density at radius 1 is 1.50 bits per heavy atom. The highest BCUT2D eigenvalue weighted by Crippen LogP contribution is 2.06. The fourth-order valence-corrected chi connectivity index (χ4v) is 1.03. The Morgan fingerprint density at radius 3 is 2.71 bits per heavy atom. The number of benzene rings is 1. The highest BCUT2D eigenvalue weighted by Gasteiger charge is 2.00. The first kappa shape index (κ1) is 10.6. The van der Waals surface area contributed by atoms with Gasteiger partial charge in [0.1, 0.15) is 14.4 Å². The second-order valence-electron chi connectivity index (χ2n) is 2.82. The molecule has 0 amide bonds. The molecule has 4 nitrogen and oxygen atoms in total. The van der Waals surface area contributed by atoms with Crippen molar-refractivity contribution in [3.05, 3.63) is 23.8 Å². The van der Waals surface area contributed by atoms with Gasteiger partial charge in [0, 0.05) is 5.69 Å². The van der Waals surface area contributed by atoms with Gasteiger partial charge in [-0.15, -0.1) is 0 Å². The number of nitrogens with one attached hydrogen (secondary N) is 1. The molecule has 0 saturated carbocycles. The summed E-state index contributed by atoms with van der Waals surface area (Å²) < 4.78 is 0. The summed E-state index contributed by atoms with van der Waals surface area (Å²) in [6, 6.07) is 4.92. The van der Waals surface area contributed by atoms with E-state index in [4.69, 9.17) is 18.1 Å². The Morgan fingerprint density at radius 2 is 2.21 bits per heavy atom. The molecular weight excluding hydrogens is 181 g/mol. The zero-order chi connectivity index (χ0) is 10.6. The predicted molar refractivity (Wildman–Crippen MR) is 53.9 cm³/mol. The lowest BCUT2D eigenvalue weighted by Gasteiger charge is -2.07. The average molecular weight is 191 g/mol. The molecule has 14 heavy (non-hydrogen) atoms. The van der Waals surface area contributed by atoms with E-state index >= 15 is 0 Å². The summed E-state index contributed by atoms with van der Waals surface area (Å²) in [4.78, 5) is 10.2. The number of rotatable bonds is 4. The number of hydrogen-bond acceptors (Lipinski definition) is 3. The normalized spacial score (nSPS) is 9.79. The standard InChI is InChI=1S/C9H10BNO3/c10-8-3-7(11-4-9(13)14)2-1-6(8)5-12/h1-3,11-12H,4-5H2,(H,13,14). The van der Waals surface area contributed by atoms with Crippen LogP contribution in [0.5, 0.6) is 0 Å². The Kier molecular flexibility index (Phi) is 3.53. The molecule has 0 aliphatic carbocycles. The van der Waals surface area contributed by atoms with Gasteiger partial charge in [-0.3, -0.25) is 4.79 Å². The van der Waals surface area contributed by atoms with Gasteiger partial charge in [0.25, 0.3) is 0 Å². The Balaban J connectivity index is 2.71. The molecule has 5 heteroatoms. The van der Waals surface area contributed by atoms with Crippen molar-refractivity contribution in [2.75, 3.05) is 11.9 Å². The van der Waals surface area contributed by atoms with Crippen molar-refractivity contribution in [2.45, 2.75) is 6.61 Å². The van der Waals surface area contributed by atoms with Gasteiger partial charge >= 0.3 is 5.97 Å². The van der Waals surface area contributed by atoms with Gasteiger partial charge in [0.15, 0.2) is 0 Å². The first-order valence-electron chi connectivity index (χ1n) is 4.08. The van der Waals surface area contributed by atoms with Gasteiger partial charge in [-0.2, -0.15) is 0 Å². The molecule has 0 heterocycles. The smallest absolute Gasteiger partial charge is 0.322 e. The van der Waals surface area contributed by atoms with Gasteiger partial charge < -0.3 is 15.5 Å². The zero-order valence-corrected chi connectivity index (χ0v) is 7.53. The molecule has 1 aromatic rings. The maximum absolute atomic E-state index is 10.2. The highest BCUT2D eigenvalue weighted by atomic mass is 16.4. The van der Waals surface area contributed by atoms with Gasteiger partial charge in [0.05, 0.1) is 6.61 Å². The van der Waals surface area contributed by atoms with Crippen molar-refractivity contribution in [3.8, 4) is 0 Å². The number of carboxylic acid groups (broad SMARTS) is 1. The van der Waals surface area contributed by atoms with E-state index in [-0.39, 0.29) is 13.2 Å². The summed E-state index contributed by atoms with van der Waals surface area (Å²) in [5, 5.41) is 19.9. The van der Waals surface area contributed by atoms with Gasteiger partial charge in [-0.1, -0.05) is 11.5 Å². The first-order chi connectivity index (χ1) is 6.63. The lowest BCUT2D eigenvalue weighted by Crippen LogP contribution is -2.15. The number of aliphatic hydroxyl groups excluding tert-OH is 1. The van der Waals surface area contributed by atoms with Crippen LogP contribution in [0.4, 0.5) is 5.69 Å². The molecular formula is C9H10BNO3. The summed E-state index contributed by atoms with van der Waals surface area (Å²) in [5.74, 6) is -0.935. The topological polar surface area (TPSA) is 69.6 Å². The van der Waals surface area contributed by atoms with Crippen molar-refractivity contribution >= 4 is 25.0 Å².